The predicted molar refractivity (Wildman–Crippen MR) is 62.3 cm³/mol. The molecule has 0 radical (unpaired) electrons. The van der Waals surface area contributed by atoms with Crippen molar-refractivity contribution < 1.29 is 14.3 Å². The monoisotopic (exact) mass is 229 g/mol. The lowest BCUT2D eigenvalue weighted by molar-refractivity contribution is -0.148. The molecule has 0 aromatic carbocycles. The lowest BCUT2D eigenvalue weighted by Gasteiger charge is -2.30. The average Bonchev–Trinajstić information content (AvgIpc) is 2.26. The summed E-state index contributed by atoms with van der Waals surface area (Å²) >= 11 is 0. The van der Waals surface area contributed by atoms with Crippen molar-refractivity contribution in [3.05, 3.63) is 0 Å². The molecule has 0 bridgehead atoms. The normalized spacial score (nSPS) is 19.4. The van der Waals surface area contributed by atoms with Gasteiger partial charge in [0, 0.05) is 26.6 Å². The van der Waals surface area contributed by atoms with E-state index in [4.69, 9.17) is 9.47 Å². The van der Waals surface area contributed by atoms with Crippen molar-refractivity contribution in [1.82, 2.24) is 4.90 Å². The quantitative estimate of drug-likeness (QED) is 0.646. The van der Waals surface area contributed by atoms with Crippen LogP contribution < -0.4 is 0 Å². The fraction of sp³-hybridized carbons (Fsp3) is 0.917. The van der Waals surface area contributed by atoms with Gasteiger partial charge < -0.3 is 9.47 Å². The van der Waals surface area contributed by atoms with E-state index in [1.807, 2.05) is 0 Å². The molecule has 0 N–H and O–H groups in total. The Labute approximate surface area is 97.9 Å². The average molecular weight is 229 g/mol. The molecule has 16 heavy (non-hydrogen) atoms. The summed E-state index contributed by atoms with van der Waals surface area (Å²) in [5, 5.41) is 0. The van der Waals surface area contributed by atoms with Gasteiger partial charge in [0.2, 0.25) is 0 Å². The molecule has 1 aliphatic rings. The van der Waals surface area contributed by atoms with Crippen molar-refractivity contribution in [2.75, 3.05) is 32.8 Å². The molecule has 1 rings (SSSR count). The third kappa shape index (κ3) is 5.47. The molecule has 4 nitrogen and oxygen atoms in total. The highest BCUT2D eigenvalue weighted by atomic mass is 16.5. The zero-order valence-electron chi connectivity index (χ0n) is 10.4. The molecule has 0 aromatic rings. The molecule has 0 saturated carbocycles. The van der Waals surface area contributed by atoms with Gasteiger partial charge in [-0.05, 0) is 12.8 Å². The second-order valence-electron chi connectivity index (χ2n) is 4.29. The Hall–Kier alpha value is -0.610. The Bertz CT molecular complexity index is 202. The van der Waals surface area contributed by atoms with Gasteiger partial charge in [0.05, 0.1) is 13.2 Å². The highest BCUT2D eigenvalue weighted by molar-refractivity contribution is 5.66. The molecule has 1 heterocycles. The standard InChI is InChI=1S/C12H23NO3/c1-3-4-5-12(16-11(2)14)10-13-6-8-15-9-7-13/h12H,3-10H2,1-2H3. The van der Waals surface area contributed by atoms with Crippen LogP contribution in [0.4, 0.5) is 0 Å². The molecule has 1 aliphatic heterocycles. The second-order valence-corrected chi connectivity index (χ2v) is 4.29. The van der Waals surface area contributed by atoms with Gasteiger partial charge in [-0.1, -0.05) is 13.3 Å². The van der Waals surface area contributed by atoms with Gasteiger partial charge in [-0.3, -0.25) is 9.69 Å². The van der Waals surface area contributed by atoms with Crippen molar-refractivity contribution in [2.24, 2.45) is 0 Å². The predicted octanol–water partition coefficient (Wildman–Crippen LogP) is 1.44. The summed E-state index contributed by atoms with van der Waals surface area (Å²) in [4.78, 5) is 13.3. The van der Waals surface area contributed by atoms with Crippen LogP contribution >= 0.6 is 0 Å². The van der Waals surface area contributed by atoms with E-state index < -0.39 is 0 Å². The van der Waals surface area contributed by atoms with Crippen molar-refractivity contribution in [3.8, 4) is 0 Å². The highest BCUT2D eigenvalue weighted by Gasteiger charge is 2.18. The first kappa shape index (κ1) is 13.5. The Morgan fingerprint density at radius 1 is 1.44 bits per heavy atom. The number of carbonyl (C=O) groups excluding carboxylic acids is 1. The number of hydrogen-bond acceptors (Lipinski definition) is 4. The van der Waals surface area contributed by atoms with Crippen molar-refractivity contribution in [1.29, 1.82) is 0 Å². The summed E-state index contributed by atoms with van der Waals surface area (Å²) in [6.07, 6.45) is 3.27. The van der Waals surface area contributed by atoms with Crippen LogP contribution in [0.2, 0.25) is 0 Å². The van der Waals surface area contributed by atoms with Gasteiger partial charge in [-0.15, -0.1) is 0 Å². The largest absolute Gasteiger partial charge is 0.461 e. The topological polar surface area (TPSA) is 38.8 Å². The summed E-state index contributed by atoms with van der Waals surface area (Å²) in [7, 11) is 0. The molecular weight excluding hydrogens is 206 g/mol. The fourth-order valence-electron chi connectivity index (χ4n) is 1.93. The van der Waals surface area contributed by atoms with Crippen LogP contribution in [0.3, 0.4) is 0 Å². The minimum atomic E-state index is -0.172. The van der Waals surface area contributed by atoms with Crippen LogP contribution in [-0.2, 0) is 14.3 Å². The molecule has 0 aliphatic carbocycles. The Morgan fingerprint density at radius 2 is 2.12 bits per heavy atom. The maximum Gasteiger partial charge on any atom is 0.302 e. The molecule has 0 aromatic heterocycles. The molecule has 0 spiro atoms. The van der Waals surface area contributed by atoms with Gasteiger partial charge in [-0.2, -0.15) is 0 Å². The molecule has 0 amide bonds. The van der Waals surface area contributed by atoms with Gasteiger partial charge in [-0.25, -0.2) is 0 Å². The molecular formula is C12H23NO3. The van der Waals surface area contributed by atoms with E-state index in [0.29, 0.717) is 0 Å². The number of esters is 1. The minimum absolute atomic E-state index is 0.0514. The van der Waals surface area contributed by atoms with Crippen LogP contribution in [-0.4, -0.2) is 49.8 Å². The SMILES string of the molecule is CCCCC(CN1CCOCC1)OC(C)=O. The molecule has 1 saturated heterocycles. The first-order chi connectivity index (χ1) is 7.72. The minimum Gasteiger partial charge on any atom is -0.461 e. The van der Waals surface area contributed by atoms with E-state index in [-0.39, 0.29) is 12.1 Å². The van der Waals surface area contributed by atoms with E-state index in [2.05, 4.69) is 11.8 Å². The summed E-state index contributed by atoms with van der Waals surface area (Å²) in [5.74, 6) is -0.172. The number of hydrogen-bond donors (Lipinski definition) is 0. The first-order valence-corrected chi connectivity index (χ1v) is 6.19. The van der Waals surface area contributed by atoms with E-state index >= 15 is 0 Å². The summed E-state index contributed by atoms with van der Waals surface area (Å²) in [6, 6.07) is 0. The number of rotatable bonds is 6. The number of carbonyl (C=O) groups is 1. The van der Waals surface area contributed by atoms with E-state index in [9.17, 15) is 4.79 Å². The van der Waals surface area contributed by atoms with Crippen LogP contribution in [0, 0.1) is 0 Å². The Balaban J connectivity index is 2.31. The molecule has 1 unspecified atom stereocenters. The van der Waals surface area contributed by atoms with Crippen LogP contribution in [0.1, 0.15) is 33.1 Å². The molecule has 94 valence electrons. The number of ether oxygens (including phenoxy) is 2. The maximum atomic E-state index is 11.0. The van der Waals surface area contributed by atoms with Crippen molar-refractivity contribution in [2.45, 2.75) is 39.2 Å². The third-order valence-electron chi connectivity index (χ3n) is 2.78. The van der Waals surface area contributed by atoms with Gasteiger partial charge in [0.1, 0.15) is 6.10 Å². The molecule has 1 fully saturated rings. The van der Waals surface area contributed by atoms with Crippen molar-refractivity contribution in [3.63, 3.8) is 0 Å². The first-order valence-electron chi connectivity index (χ1n) is 6.19. The smallest absolute Gasteiger partial charge is 0.302 e. The molecule has 1 atom stereocenters. The number of unbranched alkanes of at least 4 members (excludes halogenated alkanes) is 1. The van der Waals surface area contributed by atoms with Crippen LogP contribution in [0.25, 0.3) is 0 Å². The zero-order chi connectivity index (χ0) is 11.8. The van der Waals surface area contributed by atoms with Gasteiger partial charge in [0.15, 0.2) is 0 Å². The maximum absolute atomic E-state index is 11.0. The molecule has 4 heteroatoms. The zero-order valence-corrected chi connectivity index (χ0v) is 10.4. The lowest BCUT2D eigenvalue weighted by atomic mass is 10.1. The Morgan fingerprint density at radius 3 is 2.69 bits per heavy atom. The fourth-order valence-corrected chi connectivity index (χ4v) is 1.93. The third-order valence-corrected chi connectivity index (χ3v) is 2.78. The van der Waals surface area contributed by atoms with Gasteiger partial charge >= 0.3 is 5.97 Å². The summed E-state index contributed by atoms with van der Waals surface area (Å²) in [6.45, 7) is 7.97. The van der Waals surface area contributed by atoms with Crippen LogP contribution in [0.5, 0.6) is 0 Å². The van der Waals surface area contributed by atoms with E-state index in [1.54, 1.807) is 0 Å². The summed E-state index contributed by atoms with van der Waals surface area (Å²) < 4.78 is 10.6. The van der Waals surface area contributed by atoms with Crippen molar-refractivity contribution >= 4 is 5.97 Å². The van der Waals surface area contributed by atoms with E-state index in [1.165, 1.54) is 6.92 Å². The number of nitrogens with zero attached hydrogens (tertiary/aromatic N) is 1. The van der Waals surface area contributed by atoms with Gasteiger partial charge in [0.25, 0.3) is 0 Å². The number of morpholine rings is 1. The summed E-state index contributed by atoms with van der Waals surface area (Å²) in [5.41, 5.74) is 0. The lowest BCUT2D eigenvalue weighted by Crippen LogP contribution is -2.42. The highest BCUT2D eigenvalue weighted by Crippen LogP contribution is 2.09. The van der Waals surface area contributed by atoms with E-state index in [0.717, 1.165) is 52.1 Å². The Kier molecular flexibility index (Phi) is 6.42. The van der Waals surface area contributed by atoms with Crippen LogP contribution in [0.15, 0.2) is 0 Å². The second kappa shape index (κ2) is 7.63.